The fourth-order valence-corrected chi connectivity index (χ4v) is 2.52. The second kappa shape index (κ2) is 7.29. The van der Waals surface area contributed by atoms with E-state index in [2.05, 4.69) is 41.8 Å². The van der Waals surface area contributed by atoms with Gasteiger partial charge in [-0.05, 0) is 44.7 Å². The lowest BCUT2D eigenvalue weighted by Gasteiger charge is -2.24. The van der Waals surface area contributed by atoms with Crippen molar-refractivity contribution in [1.82, 2.24) is 10.6 Å². The molecule has 0 radical (unpaired) electrons. The van der Waals surface area contributed by atoms with Crippen molar-refractivity contribution in [2.75, 3.05) is 6.54 Å². The zero-order valence-electron chi connectivity index (χ0n) is 11.7. The molecule has 1 aromatic carbocycles. The van der Waals surface area contributed by atoms with Crippen LogP contribution in [0.15, 0.2) is 30.3 Å². The molecule has 1 aromatic rings. The van der Waals surface area contributed by atoms with E-state index >= 15 is 0 Å². The van der Waals surface area contributed by atoms with Crippen LogP contribution in [0.1, 0.15) is 38.2 Å². The van der Waals surface area contributed by atoms with E-state index in [1.807, 2.05) is 6.07 Å². The van der Waals surface area contributed by atoms with Gasteiger partial charge in [-0.3, -0.25) is 4.79 Å². The van der Waals surface area contributed by atoms with Crippen LogP contribution in [0.5, 0.6) is 0 Å². The molecule has 1 amide bonds. The van der Waals surface area contributed by atoms with E-state index in [0.717, 1.165) is 32.2 Å². The highest BCUT2D eigenvalue weighted by molar-refractivity contribution is 5.82. The lowest BCUT2D eigenvalue weighted by Crippen LogP contribution is -2.49. The zero-order chi connectivity index (χ0) is 13.5. The fraction of sp³-hybridized carbons (Fsp3) is 0.562. The van der Waals surface area contributed by atoms with Crippen molar-refractivity contribution in [3.63, 3.8) is 0 Å². The van der Waals surface area contributed by atoms with Gasteiger partial charge < -0.3 is 10.6 Å². The van der Waals surface area contributed by atoms with Gasteiger partial charge >= 0.3 is 0 Å². The number of hydrogen-bond acceptors (Lipinski definition) is 2. The van der Waals surface area contributed by atoms with Crippen molar-refractivity contribution in [2.24, 2.45) is 0 Å². The monoisotopic (exact) mass is 260 g/mol. The van der Waals surface area contributed by atoms with E-state index < -0.39 is 0 Å². The van der Waals surface area contributed by atoms with Gasteiger partial charge in [0.05, 0.1) is 6.04 Å². The van der Waals surface area contributed by atoms with Crippen molar-refractivity contribution < 1.29 is 4.79 Å². The Kier molecular flexibility index (Phi) is 5.40. The minimum Gasteiger partial charge on any atom is -0.352 e. The summed E-state index contributed by atoms with van der Waals surface area (Å²) in [6.07, 6.45) is 5.32. The Bertz CT molecular complexity index is 385. The summed E-state index contributed by atoms with van der Waals surface area (Å²) in [6, 6.07) is 10.7. The highest BCUT2D eigenvalue weighted by Gasteiger charge is 2.21. The van der Waals surface area contributed by atoms with Gasteiger partial charge in [-0.2, -0.15) is 0 Å². The smallest absolute Gasteiger partial charge is 0.237 e. The molecule has 0 spiro atoms. The van der Waals surface area contributed by atoms with Crippen LogP contribution in [0.4, 0.5) is 0 Å². The first-order valence-corrected chi connectivity index (χ1v) is 7.33. The number of nitrogens with one attached hydrogen (secondary N) is 2. The predicted molar refractivity (Wildman–Crippen MR) is 78.0 cm³/mol. The Labute approximate surface area is 115 Å². The molecule has 19 heavy (non-hydrogen) atoms. The summed E-state index contributed by atoms with van der Waals surface area (Å²) in [5, 5.41) is 6.40. The van der Waals surface area contributed by atoms with E-state index in [1.54, 1.807) is 0 Å². The third kappa shape index (κ3) is 4.67. The number of rotatable bonds is 5. The minimum absolute atomic E-state index is 0.0212. The van der Waals surface area contributed by atoms with E-state index in [4.69, 9.17) is 0 Å². The van der Waals surface area contributed by atoms with Crippen LogP contribution in [0.25, 0.3) is 0 Å². The van der Waals surface area contributed by atoms with E-state index in [1.165, 1.54) is 12.0 Å². The van der Waals surface area contributed by atoms with Crippen LogP contribution in [-0.4, -0.2) is 24.5 Å². The zero-order valence-corrected chi connectivity index (χ0v) is 11.7. The summed E-state index contributed by atoms with van der Waals surface area (Å²) in [5.74, 6) is 0.167. The maximum absolute atomic E-state index is 12.0. The average Bonchev–Trinajstić information content (AvgIpc) is 2.47. The van der Waals surface area contributed by atoms with Crippen LogP contribution >= 0.6 is 0 Å². The Morgan fingerprint density at radius 2 is 2.16 bits per heavy atom. The number of piperidine rings is 1. The van der Waals surface area contributed by atoms with Gasteiger partial charge in [0.25, 0.3) is 0 Å². The lowest BCUT2D eigenvalue weighted by molar-refractivity contribution is -0.124. The minimum atomic E-state index is 0.0212. The number of carbonyl (C=O) groups excluding carboxylic acids is 1. The number of hydrogen-bond donors (Lipinski definition) is 2. The molecule has 2 unspecified atom stereocenters. The van der Waals surface area contributed by atoms with Crippen LogP contribution in [0.3, 0.4) is 0 Å². The molecule has 0 bridgehead atoms. The summed E-state index contributed by atoms with van der Waals surface area (Å²) < 4.78 is 0. The quantitative estimate of drug-likeness (QED) is 0.852. The first-order valence-electron chi connectivity index (χ1n) is 7.33. The van der Waals surface area contributed by atoms with Crippen molar-refractivity contribution in [2.45, 2.75) is 51.1 Å². The summed E-state index contributed by atoms with van der Waals surface area (Å²) in [4.78, 5) is 12.0. The summed E-state index contributed by atoms with van der Waals surface area (Å²) in [6.45, 7) is 3.06. The molecule has 0 aliphatic carbocycles. The predicted octanol–water partition coefficient (Wildman–Crippen LogP) is 2.27. The first kappa shape index (κ1) is 14.1. The molecular weight excluding hydrogens is 236 g/mol. The molecule has 1 saturated heterocycles. The fourth-order valence-electron chi connectivity index (χ4n) is 2.52. The molecule has 0 saturated carbocycles. The molecule has 3 heteroatoms. The normalized spacial score (nSPS) is 20.8. The maximum Gasteiger partial charge on any atom is 0.237 e. The van der Waals surface area contributed by atoms with Gasteiger partial charge in [-0.25, -0.2) is 0 Å². The number of aryl methyl sites for hydroxylation is 1. The van der Waals surface area contributed by atoms with Gasteiger partial charge in [-0.15, -0.1) is 0 Å². The maximum atomic E-state index is 12.0. The highest BCUT2D eigenvalue weighted by Crippen LogP contribution is 2.08. The SMILES string of the molecule is CC(CCc1ccccc1)NC(=O)C1CCCCN1. The van der Waals surface area contributed by atoms with Crippen molar-refractivity contribution >= 4 is 5.91 Å². The van der Waals surface area contributed by atoms with Gasteiger partial charge in [0, 0.05) is 6.04 Å². The van der Waals surface area contributed by atoms with Crippen LogP contribution in [-0.2, 0) is 11.2 Å². The van der Waals surface area contributed by atoms with Gasteiger partial charge in [0.15, 0.2) is 0 Å². The molecule has 104 valence electrons. The summed E-state index contributed by atoms with van der Waals surface area (Å²) in [5.41, 5.74) is 1.33. The second-order valence-corrected chi connectivity index (χ2v) is 5.44. The Morgan fingerprint density at radius 1 is 1.37 bits per heavy atom. The second-order valence-electron chi connectivity index (χ2n) is 5.44. The molecule has 1 aliphatic heterocycles. The Balaban J connectivity index is 1.71. The standard InChI is InChI=1S/C16H24N2O/c1-13(10-11-14-7-3-2-4-8-14)18-16(19)15-9-5-6-12-17-15/h2-4,7-8,13,15,17H,5-6,9-12H2,1H3,(H,18,19). The summed E-state index contributed by atoms with van der Waals surface area (Å²) in [7, 11) is 0. The van der Waals surface area contributed by atoms with Gasteiger partial charge in [0.1, 0.15) is 0 Å². The van der Waals surface area contributed by atoms with E-state index in [-0.39, 0.29) is 18.0 Å². The molecule has 2 rings (SSSR count). The summed E-state index contributed by atoms with van der Waals surface area (Å²) >= 11 is 0. The van der Waals surface area contributed by atoms with Crippen LogP contribution < -0.4 is 10.6 Å². The molecule has 1 fully saturated rings. The molecule has 1 heterocycles. The van der Waals surface area contributed by atoms with Crippen LogP contribution in [0, 0.1) is 0 Å². The third-order valence-corrected chi connectivity index (χ3v) is 3.72. The van der Waals surface area contributed by atoms with Crippen molar-refractivity contribution in [3.05, 3.63) is 35.9 Å². The molecule has 0 aromatic heterocycles. The lowest BCUT2D eigenvalue weighted by atomic mass is 10.0. The third-order valence-electron chi connectivity index (χ3n) is 3.72. The topological polar surface area (TPSA) is 41.1 Å². The van der Waals surface area contributed by atoms with Crippen LogP contribution in [0.2, 0.25) is 0 Å². The molecular formula is C16H24N2O. The van der Waals surface area contributed by atoms with Gasteiger partial charge in [-0.1, -0.05) is 36.8 Å². The largest absolute Gasteiger partial charge is 0.352 e. The number of carbonyl (C=O) groups is 1. The average molecular weight is 260 g/mol. The number of benzene rings is 1. The molecule has 3 nitrogen and oxygen atoms in total. The highest BCUT2D eigenvalue weighted by atomic mass is 16.2. The number of amides is 1. The molecule has 2 atom stereocenters. The van der Waals surface area contributed by atoms with E-state index in [0.29, 0.717) is 0 Å². The van der Waals surface area contributed by atoms with Crippen molar-refractivity contribution in [1.29, 1.82) is 0 Å². The Hall–Kier alpha value is -1.35. The molecule has 1 aliphatic rings. The first-order chi connectivity index (χ1) is 9.25. The van der Waals surface area contributed by atoms with E-state index in [9.17, 15) is 4.79 Å². The van der Waals surface area contributed by atoms with Crippen molar-refractivity contribution in [3.8, 4) is 0 Å². The van der Waals surface area contributed by atoms with Gasteiger partial charge in [0.2, 0.25) is 5.91 Å². The molecule has 2 N–H and O–H groups in total. The Morgan fingerprint density at radius 3 is 2.84 bits per heavy atom.